The largest absolute Gasteiger partial charge is 0.373 e. The van der Waals surface area contributed by atoms with Crippen molar-refractivity contribution in [2.45, 2.75) is 44.1 Å². The minimum absolute atomic E-state index is 0.543. The van der Waals surface area contributed by atoms with Crippen LogP contribution in [-0.4, -0.2) is 12.7 Å². The van der Waals surface area contributed by atoms with Crippen LogP contribution in [0.3, 0.4) is 0 Å². The summed E-state index contributed by atoms with van der Waals surface area (Å²) in [5, 5.41) is 0. The average molecular weight is 328 g/mol. The summed E-state index contributed by atoms with van der Waals surface area (Å²) in [6.07, 6.45) is 6.83. The molecule has 0 N–H and O–H groups in total. The molecule has 0 bridgehead atoms. The van der Waals surface area contributed by atoms with Gasteiger partial charge in [0.15, 0.2) is 11.6 Å². The number of hydrogen-bond donors (Lipinski definition) is 0. The third-order valence-corrected chi connectivity index (χ3v) is 5.48. The van der Waals surface area contributed by atoms with Gasteiger partial charge in [-0.3, -0.25) is 0 Å². The molecule has 3 heteroatoms. The van der Waals surface area contributed by atoms with E-state index in [9.17, 15) is 8.78 Å². The molecule has 2 aliphatic rings. The van der Waals surface area contributed by atoms with Crippen LogP contribution in [0.15, 0.2) is 42.5 Å². The lowest BCUT2D eigenvalue weighted by Crippen LogP contribution is -2.14. The van der Waals surface area contributed by atoms with Crippen LogP contribution in [-0.2, 0) is 4.74 Å². The zero-order chi connectivity index (χ0) is 16.5. The van der Waals surface area contributed by atoms with Crippen LogP contribution in [0, 0.1) is 17.6 Å². The van der Waals surface area contributed by atoms with E-state index >= 15 is 0 Å². The number of rotatable bonds is 4. The molecule has 1 atom stereocenters. The maximum atomic E-state index is 13.4. The second-order valence-electron chi connectivity index (χ2n) is 7.16. The van der Waals surface area contributed by atoms with Crippen molar-refractivity contribution < 1.29 is 13.5 Å². The van der Waals surface area contributed by atoms with Crippen LogP contribution in [0.1, 0.15) is 43.6 Å². The predicted octanol–water partition coefficient (Wildman–Crippen LogP) is 5.69. The summed E-state index contributed by atoms with van der Waals surface area (Å²) < 4.78 is 31.8. The van der Waals surface area contributed by atoms with Crippen LogP contribution in [0.2, 0.25) is 0 Å². The number of epoxide rings is 1. The highest BCUT2D eigenvalue weighted by Crippen LogP contribution is 2.39. The van der Waals surface area contributed by atoms with Gasteiger partial charge >= 0.3 is 0 Å². The SMILES string of the molecule is Fc1ccc(-c2ccc(C3CCC(CC4CO4)CC3)cc2)cc1F. The van der Waals surface area contributed by atoms with Gasteiger partial charge in [0.25, 0.3) is 0 Å². The molecule has 1 saturated heterocycles. The lowest BCUT2D eigenvalue weighted by Gasteiger charge is -2.28. The molecule has 1 nitrogen and oxygen atoms in total. The minimum Gasteiger partial charge on any atom is -0.373 e. The van der Waals surface area contributed by atoms with E-state index in [1.54, 1.807) is 6.07 Å². The van der Waals surface area contributed by atoms with E-state index in [1.165, 1.54) is 49.8 Å². The highest BCUT2D eigenvalue weighted by Gasteiger charge is 2.29. The number of halogens is 2. The highest BCUT2D eigenvalue weighted by atomic mass is 19.2. The normalized spacial score (nSPS) is 26.3. The molecule has 0 radical (unpaired) electrons. The van der Waals surface area contributed by atoms with Crippen molar-refractivity contribution in [3.8, 4) is 11.1 Å². The zero-order valence-corrected chi connectivity index (χ0v) is 13.7. The quantitative estimate of drug-likeness (QED) is 0.656. The molecular weight excluding hydrogens is 306 g/mol. The standard InChI is InChI=1S/C21H22F2O/c22-20-10-9-18(12-21(20)23)17-7-5-16(6-8-17)15-3-1-14(2-4-15)11-19-13-24-19/h5-10,12,14-15,19H,1-4,11,13H2. The van der Waals surface area contributed by atoms with Gasteiger partial charge < -0.3 is 4.74 Å². The van der Waals surface area contributed by atoms with Crippen molar-refractivity contribution in [2.24, 2.45) is 5.92 Å². The molecule has 1 aliphatic heterocycles. The molecule has 1 unspecified atom stereocenters. The van der Waals surface area contributed by atoms with Gasteiger partial charge in [0, 0.05) is 0 Å². The van der Waals surface area contributed by atoms with Gasteiger partial charge in [-0.05, 0) is 72.8 Å². The zero-order valence-electron chi connectivity index (χ0n) is 13.7. The van der Waals surface area contributed by atoms with Gasteiger partial charge in [-0.1, -0.05) is 30.3 Å². The number of hydrogen-bond acceptors (Lipinski definition) is 1. The fraction of sp³-hybridized carbons (Fsp3) is 0.429. The van der Waals surface area contributed by atoms with E-state index in [0.29, 0.717) is 17.6 Å². The second kappa shape index (κ2) is 6.64. The predicted molar refractivity (Wildman–Crippen MR) is 90.9 cm³/mol. The fourth-order valence-electron chi connectivity index (χ4n) is 3.93. The Kier molecular flexibility index (Phi) is 4.36. The Morgan fingerprint density at radius 1 is 0.833 bits per heavy atom. The van der Waals surface area contributed by atoms with Crippen molar-refractivity contribution in [2.75, 3.05) is 6.61 Å². The summed E-state index contributed by atoms with van der Waals surface area (Å²) in [6.45, 7) is 0.964. The Morgan fingerprint density at radius 3 is 2.12 bits per heavy atom. The molecule has 1 saturated carbocycles. The number of benzene rings is 2. The molecule has 126 valence electrons. The Hall–Kier alpha value is -1.74. The van der Waals surface area contributed by atoms with E-state index in [0.717, 1.165) is 18.1 Å². The van der Waals surface area contributed by atoms with E-state index in [4.69, 9.17) is 4.74 Å². The molecule has 0 spiro atoms. The van der Waals surface area contributed by atoms with Crippen molar-refractivity contribution in [3.05, 3.63) is 59.7 Å². The average Bonchev–Trinajstić information content (AvgIpc) is 3.42. The van der Waals surface area contributed by atoms with E-state index in [1.807, 2.05) is 12.1 Å². The third kappa shape index (κ3) is 3.51. The van der Waals surface area contributed by atoms with Crippen molar-refractivity contribution in [1.82, 2.24) is 0 Å². The summed E-state index contributed by atoms with van der Waals surface area (Å²) in [7, 11) is 0. The first kappa shape index (κ1) is 15.8. The topological polar surface area (TPSA) is 12.5 Å². The van der Waals surface area contributed by atoms with Gasteiger partial charge in [-0.15, -0.1) is 0 Å². The van der Waals surface area contributed by atoms with Gasteiger partial charge in [0.1, 0.15) is 0 Å². The second-order valence-corrected chi connectivity index (χ2v) is 7.16. The maximum Gasteiger partial charge on any atom is 0.159 e. The molecule has 2 aromatic rings. The van der Waals surface area contributed by atoms with E-state index in [2.05, 4.69) is 12.1 Å². The Bertz CT molecular complexity index is 698. The van der Waals surface area contributed by atoms with Gasteiger partial charge in [-0.2, -0.15) is 0 Å². The highest BCUT2D eigenvalue weighted by molar-refractivity contribution is 5.63. The minimum atomic E-state index is -0.802. The summed E-state index contributed by atoms with van der Waals surface area (Å²) >= 11 is 0. The summed E-state index contributed by atoms with van der Waals surface area (Å²) in [6, 6.07) is 12.4. The molecular formula is C21H22F2O. The first-order valence-electron chi connectivity index (χ1n) is 8.86. The van der Waals surface area contributed by atoms with Crippen LogP contribution in [0.5, 0.6) is 0 Å². The molecule has 4 rings (SSSR count). The van der Waals surface area contributed by atoms with Crippen LogP contribution >= 0.6 is 0 Å². The van der Waals surface area contributed by atoms with Gasteiger partial charge in [0.05, 0.1) is 12.7 Å². The lowest BCUT2D eigenvalue weighted by molar-refractivity contribution is 0.276. The van der Waals surface area contributed by atoms with Crippen molar-refractivity contribution in [3.63, 3.8) is 0 Å². The number of ether oxygens (including phenoxy) is 1. The van der Waals surface area contributed by atoms with Gasteiger partial charge in [0.2, 0.25) is 0 Å². The molecule has 2 aromatic carbocycles. The third-order valence-electron chi connectivity index (χ3n) is 5.48. The van der Waals surface area contributed by atoms with Gasteiger partial charge in [-0.25, -0.2) is 8.78 Å². The van der Waals surface area contributed by atoms with Crippen molar-refractivity contribution in [1.29, 1.82) is 0 Å². The molecule has 0 amide bonds. The monoisotopic (exact) mass is 328 g/mol. The Morgan fingerprint density at radius 2 is 1.50 bits per heavy atom. The molecule has 24 heavy (non-hydrogen) atoms. The Labute approximate surface area is 141 Å². The molecule has 0 aromatic heterocycles. The summed E-state index contributed by atoms with van der Waals surface area (Å²) in [5.74, 6) is -0.145. The van der Waals surface area contributed by atoms with E-state index < -0.39 is 11.6 Å². The first-order valence-corrected chi connectivity index (χ1v) is 8.86. The maximum absolute atomic E-state index is 13.4. The van der Waals surface area contributed by atoms with Crippen LogP contribution in [0.4, 0.5) is 8.78 Å². The van der Waals surface area contributed by atoms with E-state index in [-0.39, 0.29) is 0 Å². The first-order chi connectivity index (χ1) is 11.7. The fourth-order valence-corrected chi connectivity index (χ4v) is 3.93. The van der Waals surface area contributed by atoms with Crippen LogP contribution < -0.4 is 0 Å². The summed E-state index contributed by atoms with van der Waals surface area (Å²) in [4.78, 5) is 0. The smallest absolute Gasteiger partial charge is 0.159 e. The lowest BCUT2D eigenvalue weighted by atomic mass is 9.77. The van der Waals surface area contributed by atoms with Crippen molar-refractivity contribution >= 4 is 0 Å². The molecule has 1 heterocycles. The molecule has 1 aliphatic carbocycles. The Balaban J connectivity index is 1.41. The molecule has 2 fully saturated rings. The van der Waals surface area contributed by atoms with Crippen LogP contribution in [0.25, 0.3) is 11.1 Å². The summed E-state index contributed by atoms with van der Waals surface area (Å²) in [5.41, 5.74) is 3.01.